The third-order valence-corrected chi connectivity index (χ3v) is 8.08. The van der Waals surface area contributed by atoms with Gasteiger partial charge in [0.25, 0.3) is 0 Å². The van der Waals surface area contributed by atoms with Gasteiger partial charge in [0.15, 0.2) is 0 Å². The fourth-order valence-electron chi connectivity index (χ4n) is 5.75. The van der Waals surface area contributed by atoms with E-state index in [4.69, 9.17) is 9.47 Å². The van der Waals surface area contributed by atoms with Crippen LogP contribution in [0.25, 0.3) is 11.1 Å². The van der Waals surface area contributed by atoms with Crippen LogP contribution in [0.3, 0.4) is 0 Å². The van der Waals surface area contributed by atoms with Crippen molar-refractivity contribution in [2.75, 3.05) is 13.2 Å². The molecule has 5 rings (SSSR count). The summed E-state index contributed by atoms with van der Waals surface area (Å²) in [5.74, 6) is -1.71. The molecule has 1 aliphatic carbocycles. The molecule has 0 saturated carbocycles. The zero-order valence-electron chi connectivity index (χ0n) is 22.7. The minimum Gasteiger partial charge on any atom is -0.480 e. The lowest BCUT2D eigenvalue weighted by Gasteiger charge is -2.35. The molecule has 208 valence electrons. The second kappa shape index (κ2) is 11.5. The van der Waals surface area contributed by atoms with Crippen LogP contribution in [0, 0.1) is 0 Å². The number of carboxylic acid groups (broad SMARTS) is 1. The van der Waals surface area contributed by atoms with Crippen molar-refractivity contribution in [3.63, 3.8) is 0 Å². The van der Waals surface area contributed by atoms with Crippen LogP contribution in [0.2, 0.25) is 0 Å². The quantitative estimate of drug-likeness (QED) is 0.396. The Kier molecular flexibility index (Phi) is 7.89. The first-order valence-corrected chi connectivity index (χ1v) is 13.6. The maximum Gasteiger partial charge on any atom is 0.407 e. The van der Waals surface area contributed by atoms with Gasteiger partial charge in [-0.3, -0.25) is 4.79 Å². The van der Waals surface area contributed by atoms with Crippen molar-refractivity contribution in [3.8, 4) is 11.1 Å². The van der Waals surface area contributed by atoms with Gasteiger partial charge in [-0.2, -0.15) is 0 Å². The average Bonchev–Trinajstić information content (AvgIpc) is 3.52. The molecule has 3 aromatic rings. The first kappa shape index (κ1) is 27.4. The highest BCUT2D eigenvalue weighted by Crippen LogP contribution is 2.44. The Morgan fingerprint density at radius 3 is 2.20 bits per heavy atom. The predicted molar refractivity (Wildman–Crippen MR) is 150 cm³/mol. The number of aliphatic carboxylic acids is 1. The molecule has 2 amide bonds. The van der Waals surface area contributed by atoms with Gasteiger partial charge < -0.3 is 24.8 Å². The molecular weight excluding hydrogens is 508 g/mol. The highest BCUT2D eigenvalue weighted by molar-refractivity contribution is 5.92. The third kappa shape index (κ3) is 5.31. The maximum atomic E-state index is 13.8. The number of hydrogen-bond acceptors (Lipinski definition) is 5. The lowest BCUT2D eigenvalue weighted by Crippen LogP contribution is -2.60. The summed E-state index contributed by atoms with van der Waals surface area (Å²) in [6.07, 6.45) is -0.602. The molecule has 1 heterocycles. The lowest BCUT2D eigenvalue weighted by molar-refractivity contribution is -0.157. The molecule has 1 saturated heterocycles. The van der Waals surface area contributed by atoms with E-state index in [9.17, 15) is 19.5 Å². The van der Waals surface area contributed by atoms with Gasteiger partial charge in [0, 0.05) is 12.5 Å². The van der Waals surface area contributed by atoms with Crippen LogP contribution in [-0.4, -0.2) is 58.8 Å². The standard InChI is InChI=1S/C32H34N2O6/c1-21(39-19-22-11-4-3-5-12-22)28(29(35)34-18-10-17-32(34,2)30(36)37)33-31(38)40-20-27-25-15-8-6-13-23(25)24-14-7-9-16-26(24)27/h3-9,11-16,21,27-28H,10,17-20H2,1-2H3,(H,33,38)(H,36,37)/t21-,28+,32+/m0/s1. The fourth-order valence-corrected chi connectivity index (χ4v) is 5.75. The smallest absolute Gasteiger partial charge is 0.407 e. The second-order valence-electron chi connectivity index (χ2n) is 10.6. The van der Waals surface area contributed by atoms with Crippen LogP contribution in [0.15, 0.2) is 78.9 Å². The highest BCUT2D eigenvalue weighted by atomic mass is 16.5. The summed E-state index contributed by atoms with van der Waals surface area (Å²) in [6.45, 7) is 3.85. The van der Waals surface area contributed by atoms with E-state index in [2.05, 4.69) is 17.4 Å². The summed E-state index contributed by atoms with van der Waals surface area (Å²) in [7, 11) is 0. The topological polar surface area (TPSA) is 105 Å². The largest absolute Gasteiger partial charge is 0.480 e. The number of amides is 2. The molecule has 1 fully saturated rings. The van der Waals surface area contributed by atoms with E-state index in [1.54, 1.807) is 13.8 Å². The summed E-state index contributed by atoms with van der Waals surface area (Å²) in [4.78, 5) is 40.3. The van der Waals surface area contributed by atoms with E-state index in [1.165, 1.54) is 4.90 Å². The van der Waals surface area contributed by atoms with E-state index >= 15 is 0 Å². The molecule has 2 N–H and O–H groups in total. The van der Waals surface area contributed by atoms with Gasteiger partial charge in [-0.1, -0.05) is 78.9 Å². The number of carbonyl (C=O) groups is 3. The number of nitrogens with zero attached hydrogens (tertiary/aromatic N) is 1. The number of carbonyl (C=O) groups excluding carboxylic acids is 2. The number of carboxylic acids is 1. The molecule has 0 radical (unpaired) electrons. The molecule has 0 aromatic heterocycles. The third-order valence-electron chi connectivity index (χ3n) is 8.08. The van der Waals surface area contributed by atoms with Crippen molar-refractivity contribution in [1.29, 1.82) is 0 Å². The van der Waals surface area contributed by atoms with Crippen molar-refractivity contribution < 1.29 is 29.0 Å². The van der Waals surface area contributed by atoms with Gasteiger partial charge in [-0.25, -0.2) is 9.59 Å². The van der Waals surface area contributed by atoms with Crippen LogP contribution < -0.4 is 5.32 Å². The minimum absolute atomic E-state index is 0.0938. The van der Waals surface area contributed by atoms with Crippen LogP contribution in [-0.2, 0) is 25.7 Å². The molecule has 0 bridgehead atoms. The van der Waals surface area contributed by atoms with Crippen molar-refractivity contribution in [3.05, 3.63) is 95.6 Å². The maximum absolute atomic E-state index is 13.8. The molecule has 8 nitrogen and oxygen atoms in total. The number of ether oxygens (including phenoxy) is 2. The Balaban J connectivity index is 1.32. The first-order valence-electron chi connectivity index (χ1n) is 13.6. The Morgan fingerprint density at radius 1 is 0.975 bits per heavy atom. The van der Waals surface area contributed by atoms with Crippen molar-refractivity contribution in [2.24, 2.45) is 0 Å². The number of hydrogen-bond donors (Lipinski definition) is 2. The lowest BCUT2D eigenvalue weighted by atomic mass is 9.98. The van der Waals surface area contributed by atoms with Crippen molar-refractivity contribution >= 4 is 18.0 Å². The number of alkyl carbamates (subject to hydrolysis) is 1. The first-order chi connectivity index (χ1) is 19.3. The van der Waals surface area contributed by atoms with Crippen LogP contribution >= 0.6 is 0 Å². The molecule has 2 aliphatic rings. The number of benzene rings is 3. The number of nitrogens with one attached hydrogen (secondary N) is 1. The zero-order chi connectivity index (χ0) is 28.3. The fraction of sp³-hybridized carbons (Fsp3) is 0.344. The summed E-state index contributed by atoms with van der Waals surface area (Å²) in [5.41, 5.74) is 3.96. The molecule has 8 heteroatoms. The van der Waals surface area contributed by atoms with Gasteiger partial charge in [-0.05, 0) is 54.5 Å². The Hall–Kier alpha value is -4.17. The van der Waals surface area contributed by atoms with E-state index in [1.807, 2.05) is 66.7 Å². The monoisotopic (exact) mass is 542 g/mol. The number of rotatable bonds is 9. The SMILES string of the molecule is C[C@H](OCc1ccccc1)[C@@H](NC(=O)OCC1c2ccccc2-c2ccccc21)C(=O)N1CCC[C@]1(C)C(=O)O. The van der Waals surface area contributed by atoms with Gasteiger partial charge in [0.2, 0.25) is 5.91 Å². The molecule has 3 atom stereocenters. The molecule has 0 unspecified atom stereocenters. The molecule has 1 aliphatic heterocycles. The van der Waals surface area contributed by atoms with E-state index < -0.39 is 35.7 Å². The van der Waals surface area contributed by atoms with E-state index in [0.717, 1.165) is 27.8 Å². The average molecular weight is 543 g/mol. The van der Waals surface area contributed by atoms with Gasteiger partial charge in [0.1, 0.15) is 18.2 Å². The van der Waals surface area contributed by atoms with Gasteiger partial charge >= 0.3 is 12.1 Å². The summed E-state index contributed by atoms with van der Waals surface area (Å²) < 4.78 is 11.7. The number of likely N-dealkylation sites (tertiary alicyclic amines) is 1. The molecule has 40 heavy (non-hydrogen) atoms. The van der Waals surface area contributed by atoms with Crippen LogP contribution in [0.1, 0.15) is 49.3 Å². The Bertz CT molecular complexity index is 1350. The van der Waals surface area contributed by atoms with Crippen LogP contribution in [0.4, 0.5) is 4.79 Å². The summed E-state index contributed by atoms with van der Waals surface area (Å²) >= 11 is 0. The number of fused-ring (bicyclic) bond motifs is 3. The summed E-state index contributed by atoms with van der Waals surface area (Å²) in [5, 5.41) is 12.6. The second-order valence-corrected chi connectivity index (χ2v) is 10.6. The minimum atomic E-state index is -1.35. The zero-order valence-corrected chi connectivity index (χ0v) is 22.7. The molecule has 0 spiro atoms. The van der Waals surface area contributed by atoms with Gasteiger partial charge in [0.05, 0.1) is 12.7 Å². The molecular formula is C32H34N2O6. The van der Waals surface area contributed by atoms with E-state index in [0.29, 0.717) is 12.8 Å². The Labute approximate surface area is 233 Å². The predicted octanol–water partition coefficient (Wildman–Crippen LogP) is 4.96. The highest BCUT2D eigenvalue weighted by Gasteiger charge is 2.48. The molecule has 3 aromatic carbocycles. The normalized spacial score (nSPS) is 19.4. The van der Waals surface area contributed by atoms with Gasteiger partial charge in [-0.15, -0.1) is 0 Å². The van der Waals surface area contributed by atoms with Crippen molar-refractivity contribution in [2.45, 2.75) is 56.9 Å². The summed E-state index contributed by atoms with van der Waals surface area (Å²) in [6, 6.07) is 24.5. The Morgan fingerprint density at radius 2 is 1.57 bits per heavy atom. The van der Waals surface area contributed by atoms with Crippen LogP contribution in [0.5, 0.6) is 0 Å². The van der Waals surface area contributed by atoms with Crippen molar-refractivity contribution in [1.82, 2.24) is 10.2 Å². The van der Waals surface area contributed by atoms with E-state index in [-0.39, 0.29) is 25.7 Å².